The highest BCUT2D eigenvalue weighted by atomic mass is 16.4. The number of carbonyl (C=O) groups is 2. The second-order valence-corrected chi connectivity index (χ2v) is 6.94. The van der Waals surface area contributed by atoms with E-state index in [1.54, 1.807) is 12.4 Å². The molecule has 0 spiro atoms. The summed E-state index contributed by atoms with van der Waals surface area (Å²) in [4.78, 5) is 31.5. The molecule has 1 aliphatic carbocycles. The van der Waals surface area contributed by atoms with Crippen LogP contribution in [0.5, 0.6) is 0 Å². The lowest BCUT2D eigenvalue weighted by Crippen LogP contribution is -2.14. The molecule has 3 aromatic rings. The highest BCUT2D eigenvalue weighted by Crippen LogP contribution is 2.31. The van der Waals surface area contributed by atoms with Gasteiger partial charge in [0, 0.05) is 35.0 Å². The minimum Gasteiger partial charge on any atom is -0.481 e. The number of carbonyl (C=O) groups excluding carboxylic acids is 1. The number of hydrogen-bond donors (Lipinski definition) is 2. The maximum Gasteiger partial charge on any atom is 0.307 e. The van der Waals surface area contributed by atoms with E-state index in [0.717, 1.165) is 40.4 Å². The van der Waals surface area contributed by atoms with Crippen molar-refractivity contribution in [3.8, 4) is 11.1 Å². The molecule has 2 aromatic heterocycles. The van der Waals surface area contributed by atoms with Crippen LogP contribution in [0.4, 0.5) is 5.82 Å². The van der Waals surface area contributed by atoms with Crippen LogP contribution < -0.4 is 5.32 Å². The molecule has 27 heavy (non-hydrogen) atoms. The monoisotopic (exact) mass is 361 g/mol. The molecule has 1 aromatic carbocycles. The standard InChI is InChI=1S/C21H19N3O3/c1-12-18(6-13(10-22-12)7-20(25)26)16-5-4-15-9-19(23-11-17(15)8-16)24-21(27)14-2-3-14/h4-6,8-11,14H,2-3,7H2,1H3,(H,25,26)(H,23,24,27). The van der Waals surface area contributed by atoms with Crippen LogP contribution in [0.15, 0.2) is 42.7 Å². The van der Waals surface area contributed by atoms with Crippen molar-refractivity contribution in [1.82, 2.24) is 9.97 Å². The van der Waals surface area contributed by atoms with Gasteiger partial charge in [0.2, 0.25) is 5.91 Å². The van der Waals surface area contributed by atoms with E-state index in [1.807, 2.05) is 37.3 Å². The Balaban J connectivity index is 1.65. The molecule has 1 fully saturated rings. The molecule has 0 saturated heterocycles. The van der Waals surface area contributed by atoms with Crippen LogP contribution in [0.1, 0.15) is 24.1 Å². The number of nitrogens with zero attached hydrogens (tertiary/aromatic N) is 2. The van der Waals surface area contributed by atoms with Crippen molar-refractivity contribution in [1.29, 1.82) is 0 Å². The molecule has 0 atom stereocenters. The van der Waals surface area contributed by atoms with Crippen molar-refractivity contribution in [2.45, 2.75) is 26.2 Å². The van der Waals surface area contributed by atoms with E-state index in [9.17, 15) is 9.59 Å². The van der Waals surface area contributed by atoms with Gasteiger partial charge in [-0.25, -0.2) is 4.98 Å². The number of aromatic nitrogens is 2. The number of carboxylic acids is 1. The summed E-state index contributed by atoms with van der Waals surface area (Å²) in [6.45, 7) is 1.90. The topological polar surface area (TPSA) is 92.2 Å². The first kappa shape index (κ1) is 17.1. The quantitative estimate of drug-likeness (QED) is 0.725. The number of fused-ring (bicyclic) bond motifs is 1. The Morgan fingerprint density at radius 1 is 1.11 bits per heavy atom. The third-order valence-electron chi connectivity index (χ3n) is 4.73. The highest BCUT2D eigenvalue weighted by molar-refractivity contribution is 5.96. The SMILES string of the molecule is Cc1ncc(CC(=O)O)cc1-c1ccc2cc(NC(=O)C3CC3)ncc2c1. The maximum absolute atomic E-state index is 11.9. The summed E-state index contributed by atoms with van der Waals surface area (Å²) in [5.41, 5.74) is 3.36. The minimum atomic E-state index is -0.880. The van der Waals surface area contributed by atoms with E-state index in [2.05, 4.69) is 15.3 Å². The molecule has 6 nitrogen and oxygen atoms in total. The Bertz CT molecular complexity index is 1060. The molecule has 2 N–H and O–H groups in total. The van der Waals surface area contributed by atoms with Gasteiger partial charge >= 0.3 is 5.97 Å². The van der Waals surface area contributed by atoms with Crippen molar-refractivity contribution >= 4 is 28.5 Å². The summed E-state index contributed by atoms with van der Waals surface area (Å²) in [6, 6.07) is 9.69. The first-order valence-electron chi connectivity index (χ1n) is 8.88. The molecule has 6 heteroatoms. The van der Waals surface area contributed by atoms with E-state index in [1.165, 1.54) is 0 Å². The number of aliphatic carboxylic acids is 1. The van der Waals surface area contributed by atoms with Gasteiger partial charge in [0.15, 0.2) is 0 Å². The summed E-state index contributed by atoms with van der Waals surface area (Å²) in [5.74, 6) is -0.141. The van der Waals surface area contributed by atoms with Crippen LogP contribution >= 0.6 is 0 Å². The Kier molecular flexibility index (Phi) is 4.32. The molecule has 1 amide bonds. The Morgan fingerprint density at radius 2 is 1.93 bits per heavy atom. The molecular weight excluding hydrogens is 342 g/mol. The lowest BCUT2D eigenvalue weighted by Gasteiger charge is -2.10. The van der Waals surface area contributed by atoms with Crippen LogP contribution in [-0.2, 0) is 16.0 Å². The molecule has 0 radical (unpaired) electrons. The minimum absolute atomic E-state index is 0.0374. The number of nitrogens with one attached hydrogen (secondary N) is 1. The van der Waals surface area contributed by atoms with Crippen LogP contribution in [-0.4, -0.2) is 27.0 Å². The fourth-order valence-corrected chi connectivity index (χ4v) is 3.09. The average molecular weight is 361 g/mol. The van der Waals surface area contributed by atoms with Crippen molar-refractivity contribution in [3.05, 3.63) is 54.0 Å². The third kappa shape index (κ3) is 3.79. The normalized spacial score (nSPS) is 13.5. The number of carboxylic acid groups (broad SMARTS) is 1. The van der Waals surface area contributed by atoms with Gasteiger partial charge in [-0.2, -0.15) is 0 Å². The maximum atomic E-state index is 11.9. The summed E-state index contributed by atoms with van der Waals surface area (Å²) in [7, 11) is 0. The molecule has 1 saturated carbocycles. The molecule has 136 valence electrons. The van der Waals surface area contributed by atoms with Gasteiger partial charge in [-0.3, -0.25) is 14.6 Å². The summed E-state index contributed by atoms with van der Waals surface area (Å²) >= 11 is 0. The van der Waals surface area contributed by atoms with Gasteiger partial charge in [0.1, 0.15) is 5.82 Å². The first-order valence-corrected chi connectivity index (χ1v) is 8.88. The molecular formula is C21H19N3O3. The lowest BCUT2D eigenvalue weighted by atomic mass is 9.99. The molecule has 2 heterocycles. The number of hydrogen-bond acceptors (Lipinski definition) is 4. The fraction of sp³-hybridized carbons (Fsp3) is 0.238. The number of amides is 1. The molecule has 4 rings (SSSR count). The van der Waals surface area contributed by atoms with Crippen LogP contribution in [0, 0.1) is 12.8 Å². The number of pyridine rings is 2. The zero-order valence-electron chi connectivity index (χ0n) is 14.9. The van der Waals surface area contributed by atoms with Crippen LogP contribution in [0.3, 0.4) is 0 Å². The predicted molar refractivity (Wildman–Crippen MR) is 102 cm³/mol. The van der Waals surface area contributed by atoms with Gasteiger partial charge in [-0.1, -0.05) is 12.1 Å². The van der Waals surface area contributed by atoms with Gasteiger partial charge < -0.3 is 10.4 Å². The average Bonchev–Trinajstić information content (AvgIpc) is 3.48. The van der Waals surface area contributed by atoms with Gasteiger partial charge in [0.05, 0.1) is 6.42 Å². The second-order valence-electron chi connectivity index (χ2n) is 6.94. The Labute approximate surface area is 156 Å². The predicted octanol–water partition coefficient (Wildman–Crippen LogP) is 3.58. The van der Waals surface area contributed by atoms with E-state index >= 15 is 0 Å². The molecule has 0 unspecified atom stereocenters. The smallest absolute Gasteiger partial charge is 0.307 e. The summed E-state index contributed by atoms with van der Waals surface area (Å²) in [5, 5.41) is 13.8. The zero-order chi connectivity index (χ0) is 19.0. The van der Waals surface area contributed by atoms with E-state index < -0.39 is 5.97 Å². The van der Waals surface area contributed by atoms with E-state index in [4.69, 9.17) is 5.11 Å². The first-order chi connectivity index (χ1) is 13.0. The van der Waals surface area contributed by atoms with Crippen LogP contribution in [0.2, 0.25) is 0 Å². The van der Waals surface area contributed by atoms with Crippen molar-refractivity contribution in [2.75, 3.05) is 5.32 Å². The highest BCUT2D eigenvalue weighted by Gasteiger charge is 2.29. The molecule has 1 aliphatic rings. The van der Waals surface area contributed by atoms with Crippen molar-refractivity contribution in [2.24, 2.45) is 5.92 Å². The summed E-state index contributed by atoms with van der Waals surface area (Å²) < 4.78 is 0. The van der Waals surface area contributed by atoms with Crippen LogP contribution in [0.25, 0.3) is 21.9 Å². The van der Waals surface area contributed by atoms with Crippen molar-refractivity contribution < 1.29 is 14.7 Å². The van der Waals surface area contributed by atoms with E-state index in [0.29, 0.717) is 11.4 Å². The number of aryl methyl sites for hydroxylation is 1. The zero-order valence-corrected chi connectivity index (χ0v) is 14.9. The fourth-order valence-electron chi connectivity index (χ4n) is 3.09. The van der Waals surface area contributed by atoms with Gasteiger partial charge in [0.25, 0.3) is 0 Å². The number of benzene rings is 1. The number of rotatable bonds is 5. The van der Waals surface area contributed by atoms with Crippen molar-refractivity contribution in [3.63, 3.8) is 0 Å². The van der Waals surface area contributed by atoms with E-state index in [-0.39, 0.29) is 18.2 Å². The molecule has 0 aliphatic heterocycles. The van der Waals surface area contributed by atoms with Gasteiger partial charge in [-0.15, -0.1) is 0 Å². The van der Waals surface area contributed by atoms with Gasteiger partial charge in [-0.05, 0) is 54.5 Å². The molecule has 0 bridgehead atoms. The lowest BCUT2D eigenvalue weighted by molar-refractivity contribution is -0.136. The third-order valence-corrected chi connectivity index (χ3v) is 4.73. The Hall–Kier alpha value is -3.28. The largest absolute Gasteiger partial charge is 0.481 e. The Morgan fingerprint density at radius 3 is 2.67 bits per heavy atom. The summed E-state index contributed by atoms with van der Waals surface area (Å²) in [6.07, 6.45) is 5.20. The second kappa shape index (κ2) is 6.79. The number of anilines is 1.